The van der Waals surface area contributed by atoms with E-state index in [0.29, 0.717) is 26.0 Å². The number of hydrogen-bond acceptors (Lipinski definition) is 3. The molecule has 1 aromatic heterocycles. The van der Waals surface area contributed by atoms with Gasteiger partial charge in [-0.15, -0.1) is 0 Å². The summed E-state index contributed by atoms with van der Waals surface area (Å²) in [5.41, 5.74) is 1.95. The first kappa shape index (κ1) is 11.2. The normalized spacial score (nSPS) is 15.4. The number of nitrogens with zero attached hydrogens (tertiary/aromatic N) is 2. The molecule has 1 aliphatic heterocycles. The molecule has 0 aliphatic carbocycles. The molecule has 0 bridgehead atoms. The van der Waals surface area contributed by atoms with Crippen LogP contribution in [0.3, 0.4) is 0 Å². The third-order valence-corrected chi connectivity index (χ3v) is 3.04. The molecule has 18 heavy (non-hydrogen) atoms. The van der Waals surface area contributed by atoms with Gasteiger partial charge in [0, 0.05) is 12.8 Å². The van der Waals surface area contributed by atoms with Gasteiger partial charge in [0.05, 0.1) is 24.2 Å². The maximum absolute atomic E-state index is 11.8. The molecule has 1 amide bonds. The van der Waals surface area contributed by atoms with Crippen molar-refractivity contribution in [3.63, 3.8) is 0 Å². The molecule has 0 atom stereocenters. The van der Waals surface area contributed by atoms with Crippen molar-refractivity contribution in [2.75, 3.05) is 13.2 Å². The number of nitrogens with one attached hydrogen (secondary N) is 1. The smallest absolute Gasteiger partial charge is 0.246 e. The van der Waals surface area contributed by atoms with Crippen LogP contribution in [0.2, 0.25) is 0 Å². The second-order valence-corrected chi connectivity index (χ2v) is 4.38. The lowest BCUT2D eigenvalue weighted by Gasteiger charge is -2.12. The van der Waals surface area contributed by atoms with Gasteiger partial charge in [-0.2, -0.15) is 0 Å². The summed E-state index contributed by atoms with van der Waals surface area (Å²) in [5.74, 6) is 0.886. The number of imidazole rings is 1. The van der Waals surface area contributed by atoms with Crippen molar-refractivity contribution in [2.45, 2.75) is 19.3 Å². The highest BCUT2D eigenvalue weighted by Gasteiger charge is 2.19. The van der Waals surface area contributed by atoms with Gasteiger partial charge < -0.3 is 4.98 Å². The number of aromatic nitrogens is 2. The fourth-order valence-corrected chi connectivity index (χ4v) is 2.12. The Morgan fingerprint density at radius 1 is 1.44 bits per heavy atom. The fourth-order valence-electron chi connectivity index (χ4n) is 2.12. The van der Waals surface area contributed by atoms with E-state index < -0.39 is 0 Å². The molecule has 0 radical (unpaired) electrons. The Labute approximate surface area is 105 Å². The number of benzene rings is 1. The van der Waals surface area contributed by atoms with Gasteiger partial charge in [-0.1, -0.05) is 12.1 Å². The van der Waals surface area contributed by atoms with Gasteiger partial charge in [-0.3, -0.25) is 9.63 Å². The second-order valence-electron chi connectivity index (χ2n) is 4.38. The Bertz CT molecular complexity index is 525. The molecule has 5 heteroatoms. The topological polar surface area (TPSA) is 58.2 Å². The lowest BCUT2D eigenvalue weighted by Crippen LogP contribution is -2.26. The number of rotatable bonds is 3. The van der Waals surface area contributed by atoms with Crippen molar-refractivity contribution in [3.05, 3.63) is 30.1 Å². The predicted octanol–water partition coefficient (Wildman–Crippen LogP) is 1.66. The van der Waals surface area contributed by atoms with Crippen LogP contribution in [0.4, 0.5) is 0 Å². The van der Waals surface area contributed by atoms with E-state index in [-0.39, 0.29) is 5.91 Å². The molecular formula is C13H15N3O2. The maximum Gasteiger partial charge on any atom is 0.246 e. The summed E-state index contributed by atoms with van der Waals surface area (Å²) in [6, 6.07) is 7.86. The van der Waals surface area contributed by atoms with Gasteiger partial charge in [0.25, 0.3) is 0 Å². The Balaban J connectivity index is 1.63. The van der Waals surface area contributed by atoms with E-state index in [2.05, 4.69) is 9.97 Å². The summed E-state index contributed by atoms with van der Waals surface area (Å²) in [4.78, 5) is 24.7. The van der Waals surface area contributed by atoms with Gasteiger partial charge in [0.15, 0.2) is 0 Å². The molecule has 0 unspecified atom stereocenters. The quantitative estimate of drug-likeness (QED) is 0.894. The zero-order valence-electron chi connectivity index (χ0n) is 10.1. The summed E-state index contributed by atoms with van der Waals surface area (Å²) in [6.45, 7) is 1.36. The van der Waals surface area contributed by atoms with Crippen molar-refractivity contribution >= 4 is 16.9 Å². The fraction of sp³-hybridized carbons (Fsp3) is 0.385. The van der Waals surface area contributed by atoms with Crippen molar-refractivity contribution in [3.8, 4) is 0 Å². The highest BCUT2D eigenvalue weighted by molar-refractivity contribution is 5.76. The predicted molar refractivity (Wildman–Crippen MR) is 66.7 cm³/mol. The van der Waals surface area contributed by atoms with Crippen LogP contribution < -0.4 is 0 Å². The monoisotopic (exact) mass is 245 g/mol. The van der Waals surface area contributed by atoms with Crippen LogP contribution in [0.15, 0.2) is 24.3 Å². The molecule has 3 rings (SSSR count). The number of hydrogen-bond donors (Lipinski definition) is 1. The average molecular weight is 245 g/mol. The van der Waals surface area contributed by atoms with E-state index in [0.717, 1.165) is 23.3 Å². The summed E-state index contributed by atoms with van der Waals surface area (Å²) >= 11 is 0. The molecule has 1 aliphatic rings. The van der Waals surface area contributed by atoms with E-state index in [9.17, 15) is 4.79 Å². The number of aromatic amines is 1. The molecule has 2 heterocycles. The largest absolute Gasteiger partial charge is 0.342 e. The summed E-state index contributed by atoms with van der Waals surface area (Å²) in [7, 11) is 0. The van der Waals surface area contributed by atoms with Crippen LogP contribution in [-0.4, -0.2) is 34.1 Å². The number of para-hydroxylation sites is 2. The maximum atomic E-state index is 11.8. The molecule has 0 saturated carbocycles. The van der Waals surface area contributed by atoms with Gasteiger partial charge in [-0.25, -0.2) is 10.0 Å². The van der Waals surface area contributed by atoms with Gasteiger partial charge in [0.2, 0.25) is 5.91 Å². The molecule has 94 valence electrons. The summed E-state index contributed by atoms with van der Waals surface area (Å²) in [6.07, 6.45) is 1.98. The van der Waals surface area contributed by atoms with Crippen LogP contribution >= 0.6 is 0 Å². The number of carbonyl (C=O) groups is 1. The van der Waals surface area contributed by atoms with Gasteiger partial charge in [-0.05, 0) is 18.6 Å². The first-order chi connectivity index (χ1) is 8.83. The van der Waals surface area contributed by atoms with Crippen LogP contribution in [0.1, 0.15) is 18.7 Å². The third-order valence-electron chi connectivity index (χ3n) is 3.04. The number of amides is 1. The lowest BCUT2D eigenvalue weighted by molar-refractivity contribution is -0.168. The number of aryl methyl sites for hydroxylation is 1. The Hall–Kier alpha value is -1.88. The van der Waals surface area contributed by atoms with Crippen molar-refractivity contribution < 1.29 is 9.63 Å². The highest BCUT2D eigenvalue weighted by Crippen LogP contribution is 2.13. The van der Waals surface area contributed by atoms with Crippen molar-refractivity contribution in [2.24, 2.45) is 0 Å². The van der Waals surface area contributed by atoms with Gasteiger partial charge in [0.1, 0.15) is 5.82 Å². The molecular weight excluding hydrogens is 230 g/mol. The summed E-state index contributed by atoms with van der Waals surface area (Å²) in [5, 5.41) is 1.46. The molecule has 5 nitrogen and oxygen atoms in total. The first-order valence-corrected chi connectivity index (χ1v) is 6.20. The third kappa shape index (κ3) is 2.22. The summed E-state index contributed by atoms with van der Waals surface area (Å²) < 4.78 is 0. The first-order valence-electron chi connectivity index (χ1n) is 6.20. The van der Waals surface area contributed by atoms with Gasteiger partial charge >= 0.3 is 0 Å². The van der Waals surface area contributed by atoms with Crippen LogP contribution in [0, 0.1) is 0 Å². The van der Waals surface area contributed by atoms with E-state index in [4.69, 9.17) is 4.84 Å². The minimum atomic E-state index is 0.0351. The van der Waals surface area contributed by atoms with E-state index in [1.54, 1.807) is 0 Å². The number of hydroxylamine groups is 2. The minimum Gasteiger partial charge on any atom is -0.342 e. The van der Waals surface area contributed by atoms with Crippen molar-refractivity contribution in [1.29, 1.82) is 0 Å². The van der Waals surface area contributed by atoms with Crippen LogP contribution in [0.25, 0.3) is 11.0 Å². The average Bonchev–Trinajstić information content (AvgIpc) is 3.04. The zero-order chi connectivity index (χ0) is 12.4. The number of carbonyl (C=O) groups excluding carboxylic acids is 1. The minimum absolute atomic E-state index is 0.0351. The molecule has 2 aromatic rings. The highest BCUT2D eigenvalue weighted by atomic mass is 16.7. The standard InChI is InChI=1S/C13H15N3O2/c17-13(16-8-3-9-18-16)7-6-12-14-10-4-1-2-5-11(10)15-12/h1-2,4-5H,3,6-9H2,(H,14,15). The molecule has 1 saturated heterocycles. The van der Waals surface area contributed by atoms with Crippen molar-refractivity contribution in [1.82, 2.24) is 15.0 Å². The molecule has 1 N–H and O–H groups in total. The van der Waals surface area contributed by atoms with E-state index >= 15 is 0 Å². The molecule has 1 aromatic carbocycles. The Kier molecular flexibility index (Phi) is 2.98. The lowest BCUT2D eigenvalue weighted by atomic mass is 10.3. The van der Waals surface area contributed by atoms with Crippen LogP contribution in [0.5, 0.6) is 0 Å². The second kappa shape index (κ2) is 4.78. The van der Waals surface area contributed by atoms with Crippen LogP contribution in [-0.2, 0) is 16.1 Å². The van der Waals surface area contributed by atoms with E-state index in [1.165, 1.54) is 5.06 Å². The number of fused-ring (bicyclic) bond motifs is 1. The SMILES string of the molecule is O=C(CCc1nc2ccccc2[nH]1)N1CCCO1. The Morgan fingerprint density at radius 2 is 2.33 bits per heavy atom. The Morgan fingerprint density at radius 3 is 3.11 bits per heavy atom. The van der Waals surface area contributed by atoms with E-state index in [1.807, 2.05) is 24.3 Å². The molecule has 0 spiro atoms. The molecule has 1 fully saturated rings. The zero-order valence-corrected chi connectivity index (χ0v) is 10.1. The number of H-pyrrole nitrogens is 1.